The van der Waals surface area contributed by atoms with Crippen LogP contribution in [0.5, 0.6) is 0 Å². The summed E-state index contributed by atoms with van der Waals surface area (Å²) >= 11 is 0. The molecule has 0 aromatic heterocycles. The van der Waals surface area contributed by atoms with Crippen LogP contribution in [0.2, 0.25) is 0 Å². The Labute approximate surface area is 119 Å². The van der Waals surface area contributed by atoms with E-state index >= 15 is 0 Å². The first-order valence-corrected chi connectivity index (χ1v) is 7.87. The van der Waals surface area contributed by atoms with E-state index in [1.165, 1.54) is 6.92 Å². The van der Waals surface area contributed by atoms with Crippen LogP contribution in [0.1, 0.15) is 18.9 Å². The summed E-state index contributed by atoms with van der Waals surface area (Å²) in [5.74, 6) is 0.0527. The number of hydrogen-bond donors (Lipinski definition) is 0. The molecule has 104 valence electrons. The maximum atomic E-state index is 12.6. The van der Waals surface area contributed by atoms with E-state index < -0.39 is 9.84 Å². The highest BCUT2D eigenvalue weighted by Crippen LogP contribution is 2.24. The molecule has 3 nitrogen and oxygen atoms in total. The number of benzene rings is 2. The monoisotopic (exact) mass is 288 g/mol. The van der Waals surface area contributed by atoms with Gasteiger partial charge in [-0.2, -0.15) is 0 Å². The van der Waals surface area contributed by atoms with E-state index in [9.17, 15) is 13.2 Å². The summed E-state index contributed by atoms with van der Waals surface area (Å²) in [5.41, 5.74) is 0.687. The van der Waals surface area contributed by atoms with E-state index in [0.717, 1.165) is 0 Å². The van der Waals surface area contributed by atoms with Gasteiger partial charge in [-0.05, 0) is 37.1 Å². The molecule has 0 heterocycles. The second-order valence-corrected chi connectivity index (χ2v) is 6.54. The minimum absolute atomic E-state index is 0.0527. The van der Waals surface area contributed by atoms with Gasteiger partial charge in [0.25, 0.3) is 0 Å². The predicted molar refractivity (Wildman–Crippen MR) is 77.3 cm³/mol. The van der Waals surface area contributed by atoms with Crippen LogP contribution < -0.4 is 0 Å². The van der Waals surface area contributed by atoms with Crippen molar-refractivity contribution in [2.75, 3.05) is 0 Å². The van der Waals surface area contributed by atoms with Crippen LogP contribution in [0.3, 0.4) is 0 Å². The number of sulfone groups is 1. The fraction of sp³-hybridized carbons (Fsp3) is 0.188. The third kappa shape index (κ3) is 3.14. The number of Topliss-reactive ketones (excluding diaryl/α,β-unsaturated/α-hetero) is 1. The van der Waals surface area contributed by atoms with Crippen molar-refractivity contribution < 1.29 is 13.2 Å². The molecule has 0 bridgehead atoms. The highest BCUT2D eigenvalue weighted by Gasteiger charge is 2.20. The van der Waals surface area contributed by atoms with Crippen molar-refractivity contribution in [1.82, 2.24) is 0 Å². The van der Waals surface area contributed by atoms with Gasteiger partial charge in [-0.3, -0.25) is 0 Å². The zero-order valence-corrected chi connectivity index (χ0v) is 12.1. The Hall–Kier alpha value is -1.94. The molecule has 4 heteroatoms. The first-order valence-electron chi connectivity index (χ1n) is 6.39. The van der Waals surface area contributed by atoms with Gasteiger partial charge in [0.1, 0.15) is 5.78 Å². The van der Waals surface area contributed by atoms with E-state index in [1.54, 1.807) is 54.6 Å². The summed E-state index contributed by atoms with van der Waals surface area (Å²) in [7, 11) is -3.53. The number of ketones is 1. The van der Waals surface area contributed by atoms with Gasteiger partial charge in [0.05, 0.1) is 9.79 Å². The molecule has 0 atom stereocenters. The molecule has 2 aromatic carbocycles. The molecule has 0 N–H and O–H groups in total. The Morgan fingerprint density at radius 3 is 2.20 bits per heavy atom. The summed E-state index contributed by atoms with van der Waals surface area (Å²) in [4.78, 5) is 11.7. The molecule has 0 spiro atoms. The van der Waals surface area contributed by atoms with Gasteiger partial charge in [-0.1, -0.05) is 36.4 Å². The van der Waals surface area contributed by atoms with Gasteiger partial charge in [0, 0.05) is 6.42 Å². The van der Waals surface area contributed by atoms with Crippen LogP contribution >= 0.6 is 0 Å². The van der Waals surface area contributed by atoms with Crippen molar-refractivity contribution in [2.45, 2.75) is 29.6 Å². The Morgan fingerprint density at radius 1 is 0.950 bits per heavy atom. The quantitative estimate of drug-likeness (QED) is 0.849. The number of carbonyl (C=O) groups excluding carboxylic acids is 1. The first-order chi connectivity index (χ1) is 9.51. The molecule has 0 radical (unpaired) electrons. The van der Waals surface area contributed by atoms with Crippen molar-refractivity contribution in [2.24, 2.45) is 0 Å². The molecule has 20 heavy (non-hydrogen) atoms. The maximum Gasteiger partial charge on any atom is 0.206 e. The highest BCUT2D eigenvalue weighted by atomic mass is 32.2. The summed E-state index contributed by atoms with van der Waals surface area (Å²) in [5, 5.41) is 0. The van der Waals surface area contributed by atoms with Crippen molar-refractivity contribution in [3.05, 3.63) is 60.2 Å². The summed E-state index contributed by atoms with van der Waals surface area (Å²) in [6, 6.07) is 15.2. The number of aryl methyl sites for hydroxylation is 1. The summed E-state index contributed by atoms with van der Waals surface area (Å²) < 4.78 is 25.2. The Morgan fingerprint density at radius 2 is 1.55 bits per heavy atom. The third-order valence-electron chi connectivity index (χ3n) is 3.06. The second-order valence-electron chi connectivity index (χ2n) is 4.63. The number of carbonyl (C=O) groups is 1. The number of rotatable bonds is 5. The molecule has 0 aliphatic heterocycles. The molecule has 2 rings (SSSR count). The SMILES string of the molecule is CC(=O)CCc1ccccc1S(=O)(=O)c1ccccc1. The highest BCUT2D eigenvalue weighted by molar-refractivity contribution is 7.91. The molecular weight excluding hydrogens is 272 g/mol. The molecule has 0 saturated carbocycles. The summed E-state index contributed by atoms with van der Waals surface area (Å²) in [6.45, 7) is 1.51. The molecule has 0 fully saturated rings. The zero-order valence-electron chi connectivity index (χ0n) is 11.2. The van der Waals surface area contributed by atoms with Crippen molar-refractivity contribution in [1.29, 1.82) is 0 Å². The van der Waals surface area contributed by atoms with Gasteiger partial charge in [-0.25, -0.2) is 8.42 Å². The standard InChI is InChI=1S/C16H16O3S/c1-13(17)11-12-14-7-5-6-10-16(14)20(18,19)15-8-3-2-4-9-15/h2-10H,11-12H2,1H3. The summed E-state index contributed by atoms with van der Waals surface area (Å²) in [6.07, 6.45) is 0.791. The maximum absolute atomic E-state index is 12.6. The van der Waals surface area contributed by atoms with E-state index in [-0.39, 0.29) is 15.6 Å². The van der Waals surface area contributed by atoms with Crippen LogP contribution in [0.4, 0.5) is 0 Å². The Balaban J connectivity index is 2.45. The topological polar surface area (TPSA) is 51.2 Å². The fourth-order valence-corrected chi connectivity index (χ4v) is 3.55. The van der Waals surface area contributed by atoms with E-state index in [0.29, 0.717) is 18.4 Å². The molecule has 0 aliphatic carbocycles. The molecule has 0 saturated heterocycles. The van der Waals surface area contributed by atoms with Gasteiger partial charge in [0.2, 0.25) is 9.84 Å². The van der Waals surface area contributed by atoms with Crippen LogP contribution in [0.15, 0.2) is 64.4 Å². The largest absolute Gasteiger partial charge is 0.300 e. The van der Waals surface area contributed by atoms with Gasteiger partial charge < -0.3 is 4.79 Å². The van der Waals surface area contributed by atoms with Crippen LogP contribution in [-0.4, -0.2) is 14.2 Å². The molecule has 0 amide bonds. The third-order valence-corrected chi connectivity index (χ3v) is 4.93. The predicted octanol–water partition coefficient (Wildman–Crippen LogP) is 3.04. The van der Waals surface area contributed by atoms with E-state index in [1.807, 2.05) is 0 Å². The normalized spacial score (nSPS) is 11.2. The lowest BCUT2D eigenvalue weighted by atomic mass is 10.1. The van der Waals surface area contributed by atoms with Crippen LogP contribution in [-0.2, 0) is 21.1 Å². The van der Waals surface area contributed by atoms with Crippen LogP contribution in [0.25, 0.3) is 0 Å². The van der Waals surface area contributed by atoms with Gasteiger partial charge >= 0.3 is 0 Å². The van der Waals surface area contributed by atoms with Gasteiger partial charge in [-0.15, -0.1) is 0 Å². The first kappa shape index (κ1) is 14.5. The molecular formula is C16H16O3S. The minimum atomic E-state index is -3.53. The lowest BCUT2D eigenvalue weighted by Crippen LogP contribution is -2.06. The Bertz CT molecular complexity index is 704. The molecule has 2 aromatic rings. The van der Waals surface area contributed by atoms with Crippen molar-refractivity contribution in [3.63, 3.8) is 0 Å². The smallest absolute Gasteiger partial charge is 0.206 e. The molecule has 0 aliphatic rings. The second kappa shape index (κ2) is 6.01. The average molecular weight is 288 g/mol. The molecule has 0 unspecified atom stereocenters. The van der Waals surface area contributed by atoms with Crippen LogP contribution in [0, 0.1) is 0 Å². The van der Waals surface area contributed by atoms with Gasteiger partial charge in [0.15, 0.2) is 0 Å². The number of hydrogen-bond acceptors (Lipinski definition) is 3. The van der Waals surface area contributed by atoms with E-state index in [2.05, 4.69) is 0 Å². The fourth-order valence-electron chi connectivity index (χ4n) is 2.01. The minimum Gasteiger partial charge on any atom is -0.300 e. The average Bonchev–Trinajstić information content (AvgIpc) is 2.46. The lowest BCUT2D eigenvalue weighted by Gasteiger charge is -2.10. The lowest BCUT2D eigenvalue weighted by molar-refractivity contribution is -0.116. The zero-order chi connectivity index (χ0) is 14.6. The van der Waals surface area contributed by atoms with Crippen molar-refractivity contribution in [3.8, 4) is 0 Å². The van der Waals surface area contributed by atoms with E-state index in [4.69, 9.17) is 0 Å². The Kier molecular flexibility index (Phi) is 4.35. The van der Waals surface area contributed by atoms with Crippen molar-refractivity contribution >= 4 is 15.6 Å².